The van der Waals surface area contributed by atoms with Gasteiger partial charge in [0.15, 0.2) is 0 Å². The number of nitrogens with zero attached hydrogens (tertiary/aromatic N) is 1. The Hall–Kier alpha value is -3.06. The molecular formula is C21H23N3O. The third-order valence-corrected chi connectivity index (χ3v) is 4.14. The van der Waals surface area contributed by atoms with Crippen molar-refractivity contribution in [2.24, 2.45) is 0 Å². The molecule has 25 heavy (non-hydrogen) atoms. The number of benzene rings is 2. The van der Waals surface area contributed by atoms with E-state index in [2.05, 4.69) is 30.5 Å². The molecule has 0 fully saturated rings. The van der Waals surface area contributed by atoms with Crippen molar-refractivity contribution in [3.05, 3.63) is 77.5 Å². The minimum atomic E-state index is -0.389. The molecule has 1 amide bonds. The van der Waals surface area contributed by atoms with E-state index in [0.29, 0.717) is 12.5 Å². The van der Waals surface area contributed by atoms with Gasteiger partial charge in [-0.15, -0.1) is 0 Å². The quantitative estimate of drug-likeness (QED) is 0.585. The van der Waals surface area contributed by atoms with Crippen molar-refractivity contribution in [3.8, 4) is 6.07 Å². The van der Waals surface area contributed by atoms with Gasteiger partial charge in [0.1, 0.15) is 11.6 Å². The van der Waals surface area contributed by atoms with Gasteiger partial charge < -0.3 is 10.6 Å². The number of carbonyl (C=O) groups is 1. The number of nitrogens with one attached hydrogen (secondary N) is 2. The van der Waals surface area contributed by atoms with E-state index < -0.39 is 0 Å². The van der Waals surface area contributed by atoms with Crippen LogP contribution in [0.4, 0.5) is 5.69 Å². The summed E-state index contributed by atoms with van der Waals surface area (Å²) in [6.45, 7) is 4.68. The van der Waals surface area contributed by atoms with Gasteiger partial charge in [-0.2, -0.15) is 5.26 Å². The van der Waals surface area contributed by atoms with Gasteiger partial charge in [-0.05, 0) is 29.5 Å². The van der Waals surface area contributed by atoms with Gasteiger partial charge in [0.25, 0.3) is 5.91 Å². The van der Waals surface area contributed by atoms with Crippen LogP contribution in [-0.4, -0.2) is 5.91 Å². The van der Waals surface area contributed by atoms with Crippen molar-refractivity contribution >= 4 is 11.6 Å². The Bertz CT molecular complexity index is 775. The number of hydrogen-bond donors (Lipinski definition) is 2. The average molecular weight is 333 g/mol. The minimum Gasteiger partial charge on any atom is -0.360 e. The monoisotopic (exact) mass is 333 g/mol. The number of carbonyl (C=O) groups excluding carboxylic acids is 1. The Morgan fingerprint density at radius 1 is 1.16 bits per heavy atom. The molecule has 128 valence electrons. The molecule has 2 N–H and O–H groups in total. The minimum absolute atomic E-state index is 0.0508. The summed E-state index contributed by atoms with van der Waals surface area (Å²) in [5, 5.41) is 15.2. The van der Waals surface area contributed by atoms with Crippen molar-refractivity contribution in [3.63, 3.8) is 0 Å². The van der Waals surface area contributed by atoms with E-state index in [-0.39, 0.29) is 11.5 Å². The van der Waals surface area contributed by atoms with Crippen LogP contribution in [-0.2, 0) is 11.3 Å². The molecule has 0 aliphatic heterocycles. The molecule has 2 aromatic rings. The molecule has 2 rings (SSSR count). The Kier molecular flexibility index (Phi) is 6.79. The fourth-order valence-electron chi connectivity index (χ4n) is 2.45. The molecule has 0 heterocycles. The number of anilines is 1. The van der Waals surface area contributed by atoms with Crippen LogP contribution in [0.1, 0.15) is 37.3 Å². The van der Waals surface area contributed by atoms with Crippen molar-refractivity contribution in [2.45, 2.75) is 32.7 Å². The van der Waals surface area contributed by atoms with E-state index in [1.54, 1.807) is 0 Å². The highest BCUT2D eigenvalue weighted by Gasteiger charge is 2.10. The topological polar surface area (TPSA) is 64.9 Å². The fourth-order valence-corrected chi connectivity index (χ4v) is 2.45. The van der Waals surface area contributed by atoms with Gasteiger partial charge >= 0.3 is 0 Å². The first kappa shape index (κ1) is 18.3. The second kappa shape index (κ2) is 9.29. The van der Waals surface area contributed by atoms with Gasteiger partial charge in [0.2, 0.25) is 0 Å². The van der Waals surface area contributed by atoms with Crippen LogP contribution in [0.15, 0.2) is 66.4 Å². The third kappa shape index (κ3) is 5.22. The molecule has 4 heteroatoms. The molecule has 0 radical (unpaired) electrons. The zero-order valence-electron chi connectivity index (χ0n) is 14.6. The van der Waals surface area contributed by atoms with Gasteiger partial charge in [0, 0.05) is 18.4 Å². The zero-order chi connectivity index (χ0) is 18.1. The largest absolute Gasteiger partial charge is 0.360 e. The number of rotatable bonds is 7. The smallest absolute Gasteiger partial charge is 0.263 e. The first-order chi connectivity index (χ1) is 12.2. The van der Waals surface area contributed by atoms with Gasteiger partial charge in [0.05, 0.1) is 0 Å². The van der Waals surface area contributed by atoms with Crippen molar-refractivity contribution in [1.29, 1.82) is 5.26 Å². The molecular weight excluding hydrogens is 310 g/mol. The van der Waals surface area contributed by atoms with Crippen molar-refractivity contribution in [2.75, 3.05) is 5.32 Å². The second-order valence-electron chi connectivity index (χ2n) is 5.88. The number of hydrogen-bond acceptors (Lipinski definition) is 3. The van der Waals surface area contributed by atoms with E-state index >= 15 is 0 Å². The molecule has 1 atom stereocenters. The second-order valence-corrected chi connectivity index (χ2v) is 5.88. The molecule has 1 unspecified atom stereocenters. The summed E-state index contributed by atoms with van der Waals surface area (Å²) >= 11 is 0. The molecule has 0 spiro atoms. The predicted molar refractivity (Wildman–Crippen MR) is 101 cm³/mol. The summed E-state index contributed by atoms with van der Waals surface area (Å²) in [6.07, 6.45) is 2.49. The van der Waals surface area contributed by atoms with E-state index in [1.807, 2.05) is 54.6 Å². The van der Waals surface area contributed by atoms with Crippen LogP contribution in [0.2, 0.25) is 0 Å². The van der Waals surface area contributed by atoms with Gasteiger partial charge in [-0.1, -0.05) is 62.4 Å². The lowest BCUT2D eigenvalue weighted by Gasteiger charge is -2.14. The van der Waals surface area contributed by atoms with Crippen LogP contribution in [0.5, 0.6) is 0 Å². The molecule has 0 aliphatic carbocycles. The maximum absolute atomic E-state index is 12.2. The summed E-state index contributed by atoms with van der Waals surface area (Å²) in [4.78, 5) is 12.2. The highest BCUT2D eigenvalue weighted by molar-refractivity contribution is 5.97. The van der Waals surface area contributed by atoms with E-state index in [1.165, 1.54) is 11.8 Å². The lowest BCUT2D eigenvalue weighted by Crippen LogP contribution is -2.24. The average Bonchev–Trinajstić information content (AvgIpc) is 2.67. The summed E-state index contributed by atoms with van der Waals surface area (Å²) in [5.41, 5.74) is 3.13. The first-order valence-corrected chi connectivity index (χ1v) is 8.43. The molecule has 4 nitrogen and oxygen atoms in total. The van der Waals surface area contributed by atoms with Crippen LogP contribution in [0, 0.1) is 11.3 Å². The van der Waals surface area contributed by atoms with E-state index in [0.717, 1.165) is 17.7 Å². The van der Waals surface area contributed by atoms with E-state index in [9.17, 15) is 10.1 Å². The predicted octanol–water partition coefficient (Wildman–Crippen LogP) is 4.34. The standard InChI is InChI=1S/C21H23N3O/c1-3-16(2)19-11-7-8-12-20(19)23-15-18(13-22)21(25)24-14-17-9-5-4-6-10-17/h4-12,15-16,23H,3,14H2,1-2H3,(H,24,25)/b18-15-. The molecule has 0 aromatic heterocycles. The zero-order valence-corrected chi connectivity index (χ0v) is 14.6. The summed E-state index contributed by atoms with van der Waals surface area (Å²) in [6, 6.07) is 19.5. The Morgan fingerprint density at radius 3 is 2.52 bits per heavy atom. The summed E-state index contributed by atoms with van der Waals surface area (Å²) in [7, 11) is 0. The Balaban J connectivity index is 2.05. The van der Waals surface area contributed by atoms with Gasteiger partial charge in [-0.3, -0.25) is 4.79 Å². The lowest BCUT2D eigenvalue weighted by molar-refractivity contribution is -0.117. The SMILES string of the molecule is CCC(C)c1ccccc1N/C=C(/C#N)C(=O)NCc1ccccc1. The van der Waals surface area contributed by atoms with Crippen LogP contribution in [0.3, 0.4) is 0 Å². The Labute approximate surface area is 149 Å². The molecule has 0 saturated heterocycles. The fraction of sp³-hybridized carbons (Fsp3) is 0.238. The highest BCUT2D eigenvalue weighted by atomic mass is 16.1. The first-order valence-electron chi connectivity index (χ1n) is 8.43. The van der Waals surface area contributed by atoms with Crippen molar-refractivity contribution < 1.29 is 4.79 Å². The maximum atomic E-state index is 12.2. The molecule has 2 aromatic carbocycles. The summed E-state index contributed by atoms with van der Waals surface area (Å²) in [5.74, 6) is 0.00872. The molecule has 0 saturated carbocycles. The van der Waals surface area contributed by atoms with Crippen molar-refractivity contribution in [1.82, 2.24) is 5.32 Å². The maximum Gasteiger partial charge on any atom is 0.263 e. The molecule has 0 bridgehead atoms. The van der Waals surface area contributed by atoms with E-state index in [4.69, 9.17) is 0 Å². The van der Waals surface area contributed by atoms with Gasteiger partial charge in [-0.25, -0.2) is 0 Å². The summed E-state index contributed by atoms with van der Waals surface area (Å²) < 4.78 is 0. The van der Waals surface area contributed by atoms with Crippen LogP contribution in [0.25, 0.3) is 0 Å². The number of amides is 1. The highest BCUT2D eigenvalue weighted by Crippen LogP contribution is 2.26. The Morgan fingerprint density at radius 2 is 1.84 bits per heavy atom. The van der Waals surface area contributed by atoms with Crippen LogP contribution >= 0.6 is 0 Å². The van der Waals surface area contributed by atoms with Crippen LogP contribution < -0.4 is 10.6 Å². The third-order valence-electron chi connectivity index (χ3n) is 4.14. The molecule has 0 aliphatic rings. The number of nitriles is 1. The normalized spacial score (nSPS) is 12.1. The lowest BCUT2D eigenvalue weighted by atomic mass is 9.97. The number of para-hydroxylation sites is 1.